The average Bonchev–Trinajstić information content (AvgIpc) is 2.77. The van der Waals surface area contributed by atoms with Crippen molar-refractivity contribution in [3.8, 4) is 11.8 Å². The summed E-state index contributed by atoms with van der Waals surface area (Å²) >= 11 is 23.6. The van der Waals surface area contributed by atoms with Gasteiger partial charge in [-0.15, -0.1) is 0 Å². The standard InChI is InChI=1S/C23H12Cl4N2O3/c24-18-7-3-14(10-20(18)26)23(31)32-17-5-1-13(2-6-17)9-15(12-28)22(30)29-16-4-8-19(25)21(27)11-16/h1-11H,(H,29,30)/b15-9-. The minimum atomic E-state index is -0.610. The molecule has 0 aliphatic heterocycles. The number of esters is 1. The van der Waals surface area contributed by atoms with Gasteiger partial charge in [-0.05, 0) is 60.2 Å². The first-order valence-electron chi connectivity index (χ1n) is 8.92. The number of ether oxygens (including phenoxy) is 1. The lowest BCUT2D eigenvalue weighted by Crippen LogP contribution is -2.13. The van der Waals surface area contributed by atoms with Crippen molar-refractivity contribution in [3.05, 3.63) is 97.5 Å². The zero-order valence-electron chi connectivity index (χ0n) is 16.0. The van der Waals surface area contributed by atoms with Gasteiger partial charge < -0.3 is 10.1 Å². The second kappa shape index (κ2) is 10.5. The van der Waals surface area contributed by atoms with Gasteiger partial charge >= 0.3 is 5.97 Å². The van der Waals surface area contributed by atoms with Crippen molar-refractivity contribution in [1.82, 2.24) is 0 Å². The summed E-state index contributed by atoms with van der Waals surface area (Å²) in [6, 6.07) is 17.1. The zero-order valence-corrected chi connectivity index (χ0v) is 19.1. The smallest absolute Gasteiger partial charge is 0.343 e. The van der Waals surface area contributed by atoms with Crippen LogP contribution in [0, 0.1) is 11.3 Å². The predicted molar refractivity (Wildman–Crippen MR) is 127 cm³/mol. The van der Waals surface area contributed by atoms with Crippen molar-refractivity contribution in [2.45, 2.75) is 0 Å². The third-order valence-electron chi connectivity index (χ3n) is 4.10. The fourth-order valence-electron chi connectivity index (χ4n) is 2.51. The van der Waals surface area contributed by atoms with Gasteiger partial charge in [-0.3, -0.25) is 4.79 Å². The second-order valence-electron chi connectivity index (χ2n) is 6.34. The van der Waals surface area contributed by atoms with Crippen molar-refractivity contribution < 1.29 is 14.3 Å². The molecule has 0 aliphatic rings. The van der Waals surface area contributed by atoms with Gasteiger partial charge in [-0.25, -0.2) is 4.79 Å². The van der Waals surface area contributed by atoms with E-state index >= 15 is 0 Å². The summed E-state index contributed by atoms with van der Waals surface area (Å²) in [7, 11) is 0. The number of carbonyl (C=O) groups is 2. The Bertz CT molecular complexity index is 1270. The average molecular weight is 506 g/mol. The Kier molecular flexibility index (Phi) is 7.79. The van der Waals surface area contributed by atoms with Crippen molar-refractivity contribution in [2.75, 3.05) is 5.32 Å². The Hall–Kier alpha value is -3.01. The maximum absolute atomic E-state index is 12.4. The topological polar surface area (TPSA) is 79.2 Å². The molecule has 3 aromatic carbocycles. The molecular formula is C23H12Cl4N2O3. The largest absolute Gasteiger partial charge is 0.423 e. The molecule has 0 atom stereocenters. The van der Waals surface area contributed by atoms with Crippen molar-refractivity contribution in [2.24, 2.45) is 0 Å². The lowest BCUT2D eigenvalue weighted by atomic mass is 10.1. The van der Waals surface area contributed by atoms with Crippen molar-refractivity contribution in [1.29, 1.82) is 5.26 Å². The molecule has 0 saturated carbocycles. The van der Waals surface area contributed by atoms with Crippen LogP contribution in [0.4, 0.5) is 5.69 Å². The molecule has 0 radical (unpaired) electrons. The maximum Gasteiger partial charge on any atom is 0.343 e. The SMILES string of the molecule is N#C/C(=C/c1ccc(OC(=O)c2ccc(Cl)c(Cl)c2)cc1)C(=O)Nc1ccc(Cl)c(Cl)c1. The quantitative estimate of drug-likeness (QED) is 0.174. The van der Waals surface area contributed by atoms with E-state index in [0.717, 1.165) is 0 Å². The molecule has 1 N–H and O–H groups in total. The van der Waals surface area contributed by atoms with Crippen LogP contribution in [0.5, 0.6) is 5.75 Å². The Morgan fingerprint density at radius 1 is 0.844 bits per heavy atom. The first-order valence-corrected chi connectivity index (χ1v) is 10.4. The monoisotopic (exact) mass is 504 g/mol. The zero-order chi connectivity index (χ0) is 23.3. The fraction of sp³-hybridized carbons (Fsp3) is 0. The van der Waals surface area contributed by atoms with Crippen molar-refractivity contribution >= 4 is 70.0 Å². The normalized spacial score (nSPS) is 10.9. The van der Waals surface area contributed by atoms with Crippen molar-refractivity contribution in [3.63, 3.8) is 0 Å². The number of carbonyl (C=O) groups excluding carboxylic acids is 2. The predicted octanol–water partition coefficient (Wildman–Crippen LogP) is 7.07. The fourth-order valence-corrected chi connectivity index (χ4v) is 3.10. The van der Waals surface area contributed by atoms with E-state index in [1.165, 1.54) is 48.5 Å². The van der Waals surface area contributed by atoms with Gasteiger partial charge in [0.2, 0.25) is 0 Å². The third kappa shape index (κ3) is 6.03. The molecular weight excluding hydrogens is 494 g/mol. The summed E-state index contributed by atoms with van der Waals surface area (Å²) in [6.45, 7) is 0. The molecule has 3 rings (SSSR count). The van der Waals surface area contributed by atoms with Gasteiger partial charge in [0.25, 0.3) is 5.91 Å². The number of nitrogens with zero attached hydrogens (tertiary/aromatic N) is 1. The molecule has 0 heterocycles. The van der Waals surface area contributed by atoms with Crippen LogP contribution in [0.2, 0.25) is 20.1 Å². The van der Waals surface area contributed by atoms with E-state index in [2.05, 4.69) is 5.32 Å². The van der Waals surface area contributed by atoms with Gasteiger partial charge in [0.05, 0.1) is 25.7 Å². The Labute approximate surface area is 203 Å². The molecule has 32 heavy (non-hydrogen) atoms. The summed E-state index contributed by atoms with van der Waals surface area (Å²) in [5.74, 6) is -0.941. The summed E-state index contributed by atoms with van der Waals surface area (Å²) in [5.41, 5.74) is 1.07. The number of amides is 1. The molecule has 0 aliphatic carbocycles. The van der Waals surface area contributed by atoms with E-state index < -0.39 is 11.9 Å². The molecule has 3 aromatic rings. The van der Waals surface area contributed by atoms with Gasteiger partial charge in [-0.2, -0.15) is 5.26 Å². The van der Waals surface area contributed by atoms with Crippen LogP contribution in [0.3, 0.4) is 0 Å². The molecule has 0 fully saturated rings. The lowest BCUT2D eigenvalue weighted by molar-refractivity contribution is -0.112. The minimum Gasteiger partial charge on any atom is -0.423 e. The number of anilines is 1. The van der Waals surface area contributed by atoms with E-state index in [0.29, 0.717) is 21.3 Å². The van der Waals surface area contributed by atoms with E-state index in [1.54, 1.807) is 18.2 Å². The van der Waals surface area contributed by atoms with Crippen LogP contribution in [-0.2, 0) is 4.79 Å². The Morgan fingerprint density at radius 2 is 1.47 bits per heavy atom. The highest BCUT2D eigenvalue weighted by Gasteiger charge is 2.12. The molecule has 0 bridgehead atoms. The summed E-state index contributed by atoms with van der Waals surface area (Å²) in [6.07, 6.45) is 1.40. The van der Waals surface area contributed by atoms with E-state index in [4.69, 9.17) is 51.1 Å². The number of hydrogen-bond donors (Lipinski definition) is 1. The number of nitrogens with one attached hydrogen (secondary N) is 1. The molecule has 1 amide bonds. The molecule has 0 saturated heterocycles. The highest BCUT2D eigenvalue weighted by Crippen LogP contribution is 2.26. The molecule has 9 heteroatoms. The summed E-state index contributed by atoms with van der Waals surface area (Å²) < 4.78 is 5.30. The number of nitriles is 1. The number of hydrogen-bond acceptors (Lipinski definition) is 4. The van der Waals surface area contributed by atoms with E-state index in [-0.39, 0.29) is 26.9 Å². The number of rotatable bonds is 5. The number of benzene rings is 3. The highest BCUT2D eigenvalue weighted by molar-refractivity contribution is 6.42. The maximum atomic E-state index is 12.4. The van der Waals surface area contributed by atoms with Crippen LogP contribution >= 0.6 is 46.4 Å². The molecule has 0 unspecified atom stereocenters. The van der Waals surface area contributed by atoms with Crippen LogP contribution in [-0.4, -0.2) is 11.9 Å². The van der Waals surface area contributed by atoms with Crippen LogP contribution in [0.1, 0.15) is 15.9 Å². The summed E-state index contributed by atoms with van der Waals surface area (Å²) in [4.78, 5) is 24.6. The minimum absolute atomic E-state index is 0.128. The van der Waals surface area contributed by atoms with Crippen LogP contribution in [0.15, 0.2) is 66.2 Å². The number of halogens is 4. The van der Waals surface area contributed by atoms with Gasteiger partial charge in [0.1, 0.15) is 17.4 Å². The third-order valence-corrected chi connectivity index (χ3v) is 5.58. The molecule has 0 aromatic heterocycles. The van der Waals surface area contributed by atoms with E-state index in [1.807, 2.05) is 6.07 Å². The second-order valence-corrected chi connectivity index (χ2v) is 7.97. The van der Waals surface area contributed by atoms with Gasteiger partial charge in [0, 0.05) is 5.69 Å². The molecule has 5 nitrogen and oxygen atoms in total. The van der Waals surface area contributed by atoms with Crippen LogP contribution < -0.4 is 10.1 Å². The Balaban J connectivity index is 1.70. The highest BCUT2D eigenvalue weighted by atomic mass is 35.5. The Morgan fingerprint density at radius 3 is 2.06 bits per heavy atom. The van der Waals surface area contributed by atoms with E-state index in [9.17, 15) is 14.9 Å². The summed E-state index contributed by atoms with van der Waals surface area (Å²) in [5, 5.41) is 13.1. The first-order chi connectivity index (χ1) is 15.3. The lowest BCUT2D eigenvalue weighted by Gasteiger charge is -2.07. The molecule has 160 valence electrons. The first kappa shape index (κ1) is 23.6. The van der Waals surface area contributed by atoms with Gasteiger partial charge in [0.15, 0.2) is 0 Å². The van der Waals surface area contributed by atoms with Gasteiger partial charge in [-0.1, -0.05) is 58.5 Å². The molecule has 0 spiro atoms. The van der Waals surface area contributed by atoms with Crippen LogP contribution in [0.25, 0.3) is 6.08 Å².